The first-order valence-electron chi connectivity index (χ1n) is 6.21. The van der Waals surface area contributed by atoms with E-state index in [1.807, 2.05) is 24.3 Å². The maximum atomic E-state index is 11.1. The second kappa shape index (κ2) is 5.17. The van der Waals surface area contributed by atoms with E-state index in [1.165, 1.54) is 0 Å². The minimum Gasteiger partial charge on any atom is -0.481 e. The van der Waals surface area contributed by atoms with E-state index in [2.05, 4.69) is 16.4 Å². The van der Waals surface area contributed by atoms with Crippen molar-refractivity contribution >= 4 is 22.7 Å². The van der Waals surface area contributed by atoms with Gasteiger partial charge in [-0.1, -0.05) is 18.2 Å². The summed E-state index contributed by atoms with van der Waals surface area (Å²) in [5.74, 6) is -0.374. The Balaban J connectivity index is 2.32. The van der Waals surface area contributed by atoms with Crippen LogP contribution in [-0.2, 0) is 4.79 Å². The van der Waals surface area contributed by atoms with Gasteiger partial charge in [-0.15, -0.1) is 0 Å². The van der Waals surface area contributed by atoms with Crippen molar-refractivity contribution in [1.82, 2.24) is 4.98 Å². The van der Waals surface area contributed by atoms with Crippen LogP contribution in [-0.4, -0.2) is 22.6 Å². The number of fused-ring (bicyclic) bond motifs is 1. The molecule has 1 heterocycles. The maximum absolute atomic E-state index is 11.1. The first-order valence-corrected chi connectivity index (χ1v) is 6.21. The lowest BCUT2D eigenvalue weighted by atomic mass is 9.94. The summed E-state index contributed by atoms with van der Waals surface area (Å²) >= 11 is 0. The summed E-state index contributed by atoms with van der Waals surface area (Å²) in [4.78, 5) is 15.5. The number of rotatable bonds is 4. The molecule has 0 saturated carbocycles. The number of pyridine rings is 1. The number of hydrogen-bond acceptors (Lipinski definition) is 4. The van der Waals surface area contributed by atoms with Crippen LogP contribution in [0.4, 0.5) is 5.82 Å². The molecule has 0 aliphatic carbocycles. The van der Waals surface area contributed by atoms with Crippen molar-refractivity contribution in [2.45, 2.75) is 13.8 Å². The average molecular weight is 269 g/mol. The molecule has 0 spiro atoms. The van der Waals surface area contributed by atoms with Gasteiger partial charge in [0.05, 0.1) is 22.6 Å². The van der Waals surface area contributed by atoms with Crippen LogP contribution in [0.5, 0.6) is 0 Å². The average Bonchev–Trinajstić information content (AvgIpc) is 2.44. The van der Waals surface area contributed by atoms with E-state index in [9.17, 15) is 10.1 Å². The van der Waals surface area contributed by atoms with Crippen LogP contribution in [0.15, 0.2) is 30.3 Å². The number of hydrogen-bond donors (Lipinski definition) is 2. The lowest BCUT2D eigenvalue weighted by Crippen LogP contribution is -2.32. The van der Waals surface area contributed by atoms with Gasteiger partial charge in [-0.05, 0) is 26.0 Å². The number of nitrogens with one attached hydrogen (secondary N) is 1. The van der Waals surface area contributed by atoms with E-state index in [-0.39, 0.29) is 6.54 Å². The molecule has 2 N–H and O–H groups in total. The summed E-state index contributed by atoms with van der Waals surface area (Å²) in [5.41, 5.74) is 0.327. The highest BCUT2D eigenvalue weighted by Gasteiger charge is 2.26. The first kappa shape index (κ1) is 13.8. The van der Waals surface area contributed by atoms with Crippen molar-refractivity contribution in [3.05, 3.63) is 35.9 Å². The zero-order valence-electron chi connectivity index (χ0n) is 11.3. The van der Waals surface area contributed by atoms with Crippen LogP contribution in [0.3, 0.4) is 0 Å². The van der Waals surface area contributed by atoms with Gasteiger partial charge < -0.3 is 10.4 Å². The molecule has 0 aliphatic heterocycles. The Labute approximate surface area is 116 Å². The number of aliphatic carboxylic acids is 1. The molecule has 0 radical (unpaired) electrons. The van der Waals surface area contributed by atoms with E-state index < -0.39 is 11.4 Å². The molecule has 2 aromatic rings. The summed E-state index contributed by atoms with van der Waals surface area (Å²) in [6.45, 7) is 3.50. The van der Waals surface area contributed by atoms with Crippen LogP contribution >= 0.6 is 0 Å². The molecule has 1 aromatic carbocycles. The van der Waals surface area contributed by atoms with Gasteiger partial charge in [-0.3, -0.25) is 4.79 Å². The largest absolute Gasteiger partial charge is 0.481 e. The molecule has 0 unspecified atom stereocenters. The number of anilines is 1. The normalized spacial score (nSPS) is 11.1. The third-order valence-corrected chi connectivity index (χ3v) is 3.13. The van der Waals surface area contributed by atoms with E-state index in [0.29, 0.717) is 16.9 Å². The molecule has 20 heavy (non-hydrogen) atoms. The highest BCUT2D eigenvalue weighted by molar-refractivity contribution is 5.86. The van der Waals surface area contributed by atoms with Crippen LogP contribution < -0.4 is 5.32 Å². The molecule has 0 bridgehead atoms. The molecular weight excluding hydrogens is 254 g/mol. The fourth-order valence-electron chi connectivity index (χ4n) is 1.75. The molecule has 5 nitrogen and oxygen atoms in total. The Morgan fingerprint density at radius 3 is 2.80 bits per heavy atom. The molecule has 0 aliphatic rings. The van der Waals surface area contributed by atoms with Gasteiger partial charge in [0.1, 0.15) is 5.82 Å². The number of para-hydroxylation sites is 1. The van der Waals surface area contributed by atoms with E-state index in [4.69, 9.17) is 5.11 Å². The SMILES string of the molecule is CC(C)(CNc1cc(C#N)c2ccccc2n1)C(=O)O. The molecular formula is C15H15N3O2. The molecule has 0 atom stereocenters. The quantitative estimate of drug-likeness (QED) is 0.891. The van der Waals surface area contributed by atoms with E-state index >= 15 is 0 Å². The van der Waals surface area contributed by atoms with Gasteiger partial charge in [0.2, 0.25) is 0 Å². The standard InChI is InChI=1S/C15H15N3O2/c1-15(2,14(19)20)9-17-13-7-10(8-16)11-5-3-4-6-12(11)18-13/h3-7H,9H2,1-2H3,(H,17,18)(H,19,20). The second-order valence-corrected chi connectivity index (χ2v) is 5.23. The molecule has 0 fully saturated rings. The molecule has 0 amide bonds. The Morgan fingerprint density at radius 2 is 2.15 bits per heavy atom. The monoisotopic (exact) mass is 269 g/mol. The summed E-state index contributed by atoms with van der Waals surface area (Å²) < 4.78 is 0. The topological polar surface area (TPSA) is 86.0 Å². The molecule has 102 valence electrons. The highest BCUT2D eigenvalue weighted by Crippen LogP contribution is 2.21. The van der Waals surface area contributed by atoms with Crippen LogP contribution in [0, 0.1) is 16.7 Å². The Kier molecular flexibility index (Phi) is 3.57. The lowest BCUT2D eigenvalue weighted by molar-refractivity contribution is -0.146. The van der Waals surface area contributed by atoms with Crippen molar-refractivity contribution in [3.63, 3.8) is 0 Å². The molecule has 1 aromatic heterocycles. The maximum Gasteiger partial charge on any atom is 0.310 e. The Hall–Kier alpha value is -2.61. The molecule has 5 heteroatoms. The Morgan fingerprint density at radius 1 is 1.45 bits per heavy atom. The van der Waals surface area contributed by atoms with E-state index in [1.54, 1.807) is 19.9 Å². The molecule has 0 saturated heterocycles. The van der Waals surface area contributed by atoms with Crippen molar-refractivity contribution in [2.24, 2.45) is 5.41 Å². The minimum absolute atomic E-state index is 0.235. The number of nitrogens with zero attached hydrogens (tertiary/aromatic N) is 2. The third-order valence-electron chi connectivity index (χ3n) is 3.13. The van der Waals surface area contributed by atoms with Gasteiger partial charge in [0.15, 0.2) is 0 Å². The number of carbonyl (C=O) groups is 1. The predicted octanol–water partition coefficient (Wildman–Crippen LogP) is 2.63. The summed E-state index contributed by atoms with van der Waals surface area (Å²) in [6, 6.07) is 11.1. The predicted molar refractivity (Wildman–Crippen MR) is 76.4 cm³/mol. The van der Waals surface area contributed by atoms with Crippen molar-refractivity contribution in [3.8, 4) is 6.07 Å². The molecule has 2 rings (SSSR count). The third kappa shape index (κ3) is 2.69. The van der Waals surface area contributed by atoms with Gasteiger partial charge in [-0.2, -0.15) is 5.26 Å². The zero-order chi connectivity index (χ0) is 14.8. The number of aromatic nitrogens is 1. The van der Waals surface area contributed by atoms with Gasteiger partial charge in [0, 0.05) is 11.9 Å². The van der Waals surface area contributed by atoms with Crippen molar-refractivity contribution in [2.75, 3.05) is 11.9 Å². The first-order chi connectivity index (χ1) is 9.44. The second-order valence-electron chi connectivity index (χ2n) is 5.23. The van der Waals surface area contributed by atoms with Crippen molar-refractivity contribution in [1.29, 1.82) is 5.26 Å². The van der Waals surface area contributed by atoms with Crippen LogP contribution in [0.1, 0.15) is 19.4 Å². The summed E-state index contributed by atoms with van der Waals surface area (Å²) in [5, 5.41) is 22.0. The van der Waals surface area contributed by atoms with E-state index in [0.717, 1.165) is 5.39 Å². The fourth-order valence-corrected chi connectivity index (χ4v) is 1.75. The minimum atomic E-state index is -0.903. The smallest absolute Gasteiger partial charge is 0.310 e. The Bertz CT molecular complexity index is 702. The van der Waals surface area contributed by atoms with Crippen molar-refractivity contribution < 1.29 is 9.90 Å². The van der Waals surface area contributed by atoms with Gasteiger partial charge >= 0.3 is 5.97 Å². The number of carboxylic acid groups (broad SMARTS) is 1. The van der Waals surface area contributed by atoms with Gasteiger partial charge in [-0.25, -0.2) is 4.98 Å². The van der Waals surface area contributed by atoms with Crippen LogP contribution in [0.25, 0.3) is 10.9 Å². The van der Waals surface area contributed by atoms with Crippen LogP contribution in [0.2, 0.25) is 0 Å². The zero-order valence-corrected chi connectivity index (χ0v) is 11.3. The van der Waals surface area contributed by atoms with Gasteiger partial charge in [0.25, 0.3) is 0 Å². The summed E-state index contributed by atoms with van der Waals surface area (Å²) in [7, 11) is 0. The lowest BCUT2D eigenvalue weighted by Gasteiger charge is -2.20. The number of carboxylic acids is 1. The highest BCUT2D eigenvalue weighted by atomic mass is 16.4. The number of nitriles is 1. The fraction of sp³-hybridized carbons (Fsp3) is 0.267. The summed E-state index contributed by atoms with van der Waals surface area (Å²) in [6.07, 6.45) is 0. The number of benzene rings is 1.